The predicted molar refractivity (Wildman–Crippen MR) is 47.7 cm³/mol. The van der Waals surface area contributed by atoms with E-state index in [0.29, 0.717) is 12.3 Å². The maximum absolute atomic E-state index is 10.8. The second kappa shape index (κ2) is 4.29. The molecule has 0 aromatic carbocycles. The Bertz CT molecular complexity index is 182. The Kier molecular flexibility index (Phi) is 3.32. The summed E-state index contributed by atoms with van der Waals surface area (Å²) in [4.78, 5) is 10.8. The van der Waals surface area contributed by atoms with Gasteiger partial charge < -0.3 is 4.74 Å². The Morgan fingerprint density at radius 1 is 1.67 bits per heavy atom. The van der Waals surface area contributed by atoms with Crippen LogP contribution in [0.4, 0.5) is 0 Å². The number of cyclic esters (lactones) is 1. The Morgan fingerprint density at radius 2 is 2.42 bits per heavy atom. The molecule has 0 N–H and O–H groups in total. The smallest absolute Gasteiger partial charge is 0.310 e. The first-order chi connectivity index (χ1) is 5.68. The van der Waals surface area contributed by atoms with Gasteiger partial charge in [-0.1, -0.05) is 19.9 Å². The van der Waals surface area contributed by atoms with E-state index in [1.54, 1.807) is 0 Å². The molecular weight excluding hydrogens is 152 g/mol. The second-order valence-corrected chi connectivity index (χ2v) is 3.63. The zero-order valence-electron chi connectivity index (χ0n) is 7.75. The quantitative estimate of drug-likeness (QED) is 0.477. The van der Waals surface area contributed by atoms with E-state index in [2.05, 4.69) is 13.8 Å². The van der Waals surface area contributed by atoms with E-state index < -0.39 is 0 Å². The monoisotopic (exact) mass is 168 g/mol. The number of esters is 1. The molecule has 2 nitrogen and oxygen atoms in total. The van der Waals surface area contributed by atoms with Gasteiger partial charge in [0.25, 0.3) is 0 Å². The number of hydrogen-bond donors (Lipinski definition) is 0. The molecule has 0 saturated heterocycles. The van der Waals surface area contributed by atoms with Crippen molar-refractivity contribution in [1.29, 1.82) is 0 Å². The zero-order valence-corrected chi connectivity index (χ0v) is 7.75. The minimum Gasteiger partial charge on any atom is -0.458 e. The van der Waals surface area contributed by atoms with E-state index in [1.165, 1.54) is 0 Å². The first kappa shape index (κ1) is 9.30. The van der Waals surface area contributed by atoms with E-state index in [-0.39, 0.29) is 12.1 Å². The molecule has 0 radical (unpaired) electrons. The van der Waals surface area contributed by atoms with Crippen LogP contribution < -0.4 is 0 Å². The lowest BCUT2D eigenvalue weighted by atomic mass is 10.0. The molecule has 1 aliphatic heterocycles. The van der Waals surface area contributed by atoms with Gasteiger partial charge in [0.1, 0.15) is 6.10 Å². The summed E-state index contributed by atoms with van der Waals surface area (Å²) in [5.41, 5.74) is 0. The van der Waals surface area contributed by atoms with Crippen LogP contribution in [-0.4, -0.2) is 12.1 Å². The molecule has 0 aromatic heterocycles. The van der Waals surface area contributed by atoms with Crippen molar-refractivity contribution in [3.63, 3.8) is 0 Å². The minimum atomic E-state index is -0.0914. The lowest BCUT2D eigenvalue weighted by Gasteiger charge is -2.18. The van der Waals surface area contributed by atoms with Gasteiger partial charge in [-0.05, 0) is 24.8 Å². The van der Waals surface area contributed by atoms with Gasteiger partial charge in [-0.3, -0.25) is 4.79 Å². The predicted octanol–water partition coefficient (Wildman–Crippen LogP) is 2.29. The van der Waals surface area contributed by atoms with Crippen LogP contribution in [0.3, 0.4) is 0 Å². The molecular formula is C10H16O2. The highest BCUT2D eigenvalue weighted by atomic mass is 16.5. The first-order valence-corrected chi connectivity index (χ1v) is 4.54. The van der Waals surface area contributed by atoms with Gasteiger partial charge in [-0.25, -0.2) is 0 Å². The fraction of sp³-hybridized carbons (Fsp3) is 0.700. The van der Waals surface area contributed by atoms with Crippen molar-refractivity contribution in [3.05, 3.63) is 12.2 Å². The highest BCUT2D eigenvalue weighted by molar-refractivity contribution is 5.72. The van der Waals surface area contributed by atoms with Gasteiger partial charge >= 0.3 is 5.97 Å². The molecule has 0 aliphatic carbocycles. The maximum Gasteiger partial charge on any atom is 0.310 e. The van der Waals surface area contributed by atoms with Crippen molar-refractivity contribution in [1.82, 2.24) is 0 Å². The summed E-state index contributed by atoms with van der Waals surface area (Å²) < 4.78 is 5.11. The molecule has 0 saturated carbocycles. The summed E-state index contributed by atoms with van der Waals surface area (Å²) in [6.07, 6.45) is 6.44. The Labute approximate surface area is 73.6 Å². The molecule has 68 valence electrons. The standard InChI is InChI=1S/C10H16O2/c1-8(2)6-7-9-4-3-5-10(11)12-9/h3-4,8-9H,5-7H2,1-2H3/t9-/m1/s1. The van der Waals surface area contributed by atoms with Crippen LogP contribution in [0.15, 0.2) is 12.2 Å². The van der Waals surface area contributed by atoms with Crippen molar-refractivity contribution >= 4 is 5.97 Å². The number of ether oxygens (including phenoxy) is 1. The third-order valence-electron chi connectivity index (χ3n) is 1.95. The van der Waals surface area contributed by atoms with E-state index in [0.717, 1.165) is 12.8 Å². The molecule has 1 aliphatic rings. The molecule has 0 bridgehead atoms. The highest BCUT2D eigenvalue weighted by Gasteiger charge is 2.14. The fourth-order valence-corrected chi connectivity index (χ4v) is 1.23. The maximum atomic E-state index is 10.8. The molecule has 1 atom stereocenters. The fourth-order valence-electron chi connectivity index (χ4n) is 1.23. The van der Waals surface area contributed by atoms with Gasteiger partial charge in [-0.15, -0.1) is 0 Å². The van der Waals surface area contributed by atoms with Crippen molar-refractivity contribution < 1.29 is 9.53 Å². The highest BCUT2D eigenvalue weighted by Crippen LogP contribution is 2.14. The summed E-state index contributed by atoms with van der Waals surface area (Å²) >= 11 is 0. The van der Waals surface area contributed by atoms with Gasteiger partial charge in [0.2, 0.25) is 0 Å². The van der Waals surface area contributed by atoms with E-state index in [4.69, 9.17) is 4.74 Å². The summed E-state index contributed by atoms with van der Waals surface area (Å²) in [5, 5.41) is 0. The molecule has 1 heterocycles. The van der Waals surface area contributed by atoms with Crippen LogP contribution in [0.5, 0.6) is 0 Å². The molecule has 0 fully saturated rings. The number of carbonyl (C=O) groups excluding carboxylic acids is 1. The number of rotatable bonds is 3. The second-order valence-electron chi connectivity index (χ2n) is 3.63. The molecule has 2 heteroatoms. The summed E-state index contributed by atoms with van der Waals surface area (Å²) in [6.45, 7) is 4.35. The third kappa shape index (κ3) is 3.07. The molecule has 0 unspecified atom stereocenters. The number of carbonyl (C=O) groups is 1. The van der Waals surface area contributed by atoms with Crippen molar-refractivity contribution in [2.45, 2.75) is 39.2 Å². The summed E-state index contributed by atoms with van der Waals surface area (Å²) in [7, 11) is 0. The van der Waals surface area contributed by atoms with Crippen LogP contribution in [-0.2, 0) is 9.53 Å². The topological polar surface area (TPSA) is 26.3 Å². The molecule has 1 rings (SSSR count). The zero-order chi connectivity index (χ0) is 8.97. The Hall–Kier alpha value is -0.790. The SMILES string of the molecule is CC(C)CC[C@H]1C=CCC(=O)O1. The van der Waals surface area contributed by atoms with Crippen LogP contribution in [0.1, 0.15) is 33.1 Å². The Morgan fingerprint density at radius 3 is 3.00 bits per heavy atom. The van der Waals surface area contributed by atoms with E-state index >= 15 is 0 Å². The Balaban J connectivity index is 2.28. The normalized spacial score (nSPS) is 22.9. The number of hydrogen-bond acceptors (Lipinski definition) is 2. The lowest BCUT2D eigenvalue weighted by Crippen LogP contribution is -2.19. The average molecular weight is 168 g/mol. The van der Waals surface area contributed by atoms with Crippen molar-refractivity contribution in [2.24, 2.45) is 5.92 Å². The van der Waals surface area contributed by atoms with Crippen molar-refractivity contribution in [3.8, 4) is 0 Å². The third-order valence-corrected chi connectivity index (χ3v) is 1.95. The van der Waals surface area contributed by atoms with Gasteiger partial charge in [0.05, 0.1) is 6.42 Å². The largest absolute Gasteiger partial charge is 0.458 e. The molecule has 0 aromatic rings. The first-order valence-electron chi connectivity index (χ1n) is 4.54. The van der Waals surface area contributed by atoms with E-state index in [1.807, 2.05) is 12.2 Å². The molecule has 0 spiro atoms. The van der Waals surface area contributed by atoms with Crippen LogP contribution in [0, 0.1) is 5.92 Å². The average Bonchev–Trinajstić information content (AvgIpc) is 2.01. The van der Waals surface area contributed by atoms with Gasteiger partial charge in [0.15, 0.2) is 0 Å². The van der Waals surface area contributed by atoms with Crippen LogP contribution in [0.25, 0.3) is 0 Å². The molecule has 12 heavy (non-hydrogen) atoms. The van der Waals surface area contributed by atoms with Crippen LogP contribution in [0.2, 0.25) is 0 Å². The minimum absolute atomic E-state index is 0.0358. The van der Waals surface area contributed by atoms with Gasteiger partial charge in [-0.2, -0.15) is 0 Å². The summed E-state index contributed by atoms with van der Waals surface area (Å²) in [5.74, 6) is 0.588. The van der Waals surface area contributed by atoms with Gasteiger partial charge in [0, 0.05) is 0 Å². The lowest BCUT2D eigenvalue weighted by molar-refractivity contribution is -0.147. The molecule has 0 amide bonds. The van der Waals surface area contributed by atoms with Crippen LogP contribution >= 0.6 is 0 Å². The van der Waals surface area contributed by atoms with E-state index in [9.17, 15) is 4.79 Å². The van der Waals surface area contributed by atoms with Crippen molar-refractivity contribution in [2.75, 3.05) is 0 Å². The summed E-state index contributed by atoms with van der Waals surface area (Å²) in [6, 6.07) is 0.